The highest BCUT2D eigenvalue weighted by Gasteiger charge is 1.83. The fraction of sp³-hybridized carbons (Fsp3) is 0.600. The molecule has 0 aromatic heterocycles. The average Bonchev–Trinajstić information content (AvgIpc) is 1.81. The van der Waals surface area contributed by atoms with Crippen LogP contribution in [0, 0.1) is 12.3 Å². The Labute approximate surface area is 57.6 Å². The lowest BCUT2D eigenvalue weighted by atomic mass is 10.8. The molecule has 0 aromatic carbocycles. The topological polar surface area (TPSA) is 20.2 Å². The van der Waals surface area contributed by atoms with Gasteiger partial charge in [-0.2, -0.15) is 0 Å². The summed E-state index contributed by atoms with van der Waals surface area (Å²) in [5.41, 5.74) is 0. The first kappa shape index (κ1) is 8.22. The molecule has 0 bridgehead atoms. The summed E-state index contributed by atoms with van der Waals surface area (Å²) in [6.45, 7) is 0.238. The molecule has 0 saturated carbocycles. The second kappa shape index (κ2) is 7.22. The van der Waals surface area contributed by atoms with E-state index in [2.05, 4.69) is 5.92 Å². The Bertz CT molecular complexity index is 77.0. The summed E-state index contributed by atoms with van der Waals surface area (Å²) in [5.74, 6) is 3.98. The molecule has 3 heteroatoms. The second-order valence-electron chi connectivity index (χ2n) is 1.01. The highest BCUT2D eigenvalue weighted by Crippen LogP contribution is 2.18. The van der Waals surface area contributed by atoms with Crippen molar-refractivity contribution in [3.8, 4) is 12.3 Å². The number of aliphatic hydroxyl groups is 1. The van der Waals surface area contributed by atoms with Gasteiger partial charge in [0.15, 0.2) is 0 Å². The van der Waals surface area contributed by atoms with Crippen molar-refractivity contribution in [2.45, 2.75) is 0 Å². The summed E-state index contributed by atoms with van der Waals surface area (Å²) in [4.78, 5) is 0. The van der Waals surface area contributed by atoms with Crippen LogP contribution in [0.3, 0.4) is 0 Å². The second-order valence-corrected chi connectivity index (χ2v) is 3.59. The lowest BCUT2D eigenvalue weighted by molar-refractivity contribution is 0.323. The summed E-state index contributed by atoms with van der Waals surface area (Å²) < 4.78 is 0. The number of rotatable bonds is 4. The molecule has 0 aliphatic carbocycles. The molecule has 0 unspecified atom stereocenters. The molecule has 1 N–H and O–H groups in total. The van der Waals surface area contributed by atoms with E-state index in [1.54, 1.807) is 21.6 Å². The van der Waals surface area contributed by atoms with Gasteiger partial charge >= 0.3 is 0 Å². The normalized spacial score (nSPS) is 8.50. The molecule has 0 aliphatic heterocycles. The molecular formula is C5H8OS2. The van der Waals surface area contributed by atoms with Crippen LogP contribution in [0.15, 0.2) is 0 Å². The molecule has 0 spiro atoms. The molecule has 46 valence electrons. The summed E-state index contributed by atoms with van der Waals surface area (Å²) in [6.07, 6.45) is 4.96. The summed E-state index contributed by atoms with van der Waals surface area (Å²) in [5, 5.41) is 8.28. The van der Waals surface area contributed by atoms with E-state index in [0.29, 0.717) is 0 Å². The predicted octanol–water partition coefficient (Wildman–Crippen LogP) is 0.993. The lowest BCUT2D eigenvalue weighted by Gasteiger charge is -1.90. The van der Waals surface area contributed by atoms with Gasteiger partial charge < -0.3 is 5.11 Å². The number of terminal acetylenes is 1. The maximum Gasteiger partial charge on any atom is 0.0648 e. The largest absolute Gasteiger partial charge is 0.395 e. The molecule has 0 fully saturated rings. The number of hydrogen-bond acceptors (Lipinski definition) is 3. The minimum atomic E-state index is 0.238. The van der Waals surface area contributed by atoms with Gasteiger partial charge in [0, 0.05) is 5.75 Å². The van der Waals surface area contributed by atoms with Crippen LogP contribution < -0.4 is 0 Å². The third-order valence-corrected chi connectivity index (χ3v) is 2.55. The first-order valence-corrected chi connectivity index (χ1v) is 4.69. The Balaban J connectivity index is 2.65. The van der Waals surface area contributed by atoms with E-state index in [9.17, 15) is 0 Å². The van der Waals surface area contributed by atoms with Crippen molar-refractivity contribution in [1.29, 1.82) is 0 Å². The van der Waals surface area contributed by atoms with Gasteiger partial charge in [0.05, 0.1) is 12.4 Å². The van der Waals surface area contributed by atoms with Crippen LogP contribution in [0.25, 0.3) is 0 Å². The maximum atomic E-state index is 8.28. The van der Waals surface area contributed by atoms with Crippen molar-refractivity contribution >= 4 is 21.6 Å². The van der Waals surface area contributed by atoms with Gasteiger partial charge in [0.2, 0.25) is 0 Å². The molecule has 0 amide bonds. The fourth-order valence-electron chi connectivity index (χ4n) is 0.172. The zero-order valence-electron chi connectivity index (χ0n) is 4.46. The standard InChI is InChI=1S/C5H8OS2/c1-2-4-7-8-5-3-6/h1,6H,3-5H2. The monoisotopic (exact) mass is 148 g/mol. The van der Waals surface area contributed by atoms with Gasteiger partial charge in [-0.15, -0.1) is 6.42 Å². The van der Waals surface area contributed by atoms with Crippen LogP contribution >= 0.6 is 21.6 Å². The number of hydrogen-bond donors (Lipinski definition) is 1. The molecule has 0 rings (SSSR count). The van der Waals surface area contributed by atoms with Crippen molar-refractivity contribution in [1.82, 2.24) is 0 Å². The SMILES string of the molecule is C#CCSSCCO. The predicted molar refractivity (Wildman–Crippen MR) is 40.8 cm³/mol. The Morgan fingerprint density at radius 1 is 1.50 bits per heavy atom. The van der Waals surface area contributed by atoms with Crippen molar-refractivity contribution in [2.75, 3.05) is 18.1 Å². The summed E-state index contributed by atoms with van der Waals surface area (Å²) in [7, 11) is 3.20. The fourth-order valence-corrected chi connectivity index (χ4v) is 1.55. The molecule has 0 aliphatic rings. The van der Waals surface area contributed by atoms with Crippen LogP contribution in [-0.4, -0.2) is 23.2 Å². The molecule has 0 atom stereocenters. The minimum absolute atomic E-state index is 0.238. The van der Waals surface area contributed by atoms with Gasteiger partial charge in [-0.05, 0) is 0 Å². The van der Waals surface area contributed by atoms with Gasteiger partial charge in [0.25, 0.3) is 0 Å². The lowest BCUT2D eigenvalue weighted by Crippen LogP contribution is -1.81. The van der Waals surface area contributed by atoms with E-state index in [-0.39, 0.29) is 6.61 Å². The Hall–Kier alpha value is 0.220. The molecule has 8 heavy (non-hydrogen) atoms. The van der Waals surface area contributed by atoms with Gasteiger partial charge in [0.1, 0.15) is 0 Å². The van der Waals surface area contributed by atoms with Crippen molar-refractivity contribution in [2.24, 2.45) is 0 Å². The molecule has 0 aromatic rings. The van der Waals surface area contributed by atoms with Crippen molar-refractivity contribution in [3.05, 3.63) is 0 Å². The first-order valence-electron chi connectivity index (χ1n) is 2.20. The third kappa shape index (κ3) is 6.22. The molecule has 1 nitrogen and oxygen atoms in total. The first-order chi connectivity index (χ1) is 3.91. The summed E-state index contributed by atoms with van der Waals surface area (Å²) >= 11 is 0. The van der Waals surface area contributed by atoms with E-state index in [4.69, 9.17) is 11.5 Å². The minimum Gasteiger partial charge on any atom is -0.395 e. The Kier molecular flexibility index (Phi) is 7.42. The maximum absolute atomic E-state index is 8.28. The van der Waals surface area contributed by atoms with Gasteiger partial charge in [-0.3, -0.25) is 0 Å². The Morgan fingerprint density at radius 2 is 2.25 bits per heavy atom. The van der Waals surface area contributed by atoms with E-state index in [0.717, 1.165) is 11.5 Å². The quantitative estimate of drug-likeness (QED) is 0.365. The zero-order valence-corrected chi connectivity index (χ0v) is 6.10. The van der Waals surface area contributed by atoms with Crippen LogP contribution in [0.5, 0.6) is 0 Å². The van der Waals surface area contributed by atoms with E-state index in [1.165, 1.54) is 0 Å². The van der Waals surface area contributed by atoms with E-state index >= 15 is 0 Å². The molecule has 0 heterocycles. The van der Waals surface area contributed by atoms with Gasteiger partial charge in [-0.1, -0.05) is 27.5 Å². The Morgan fingerprint density at radius 3 is 2.75 bits per heavy atom. The van der Waals surface area contributed by atoms with Gasteiger partial charge in [-0.25, -0.2) is 0 Å². The van der Waals surface area contributed by atoms with E-state index in [1.807, 2.05) is 0 Å². The smallest absolute Gasteiger partial charge is 0.0648 e. The summed E-state index contributed by atoms with van der Waals surface area (Å²) in [6, 6.07) is 0. The van der Waals surface area contributed by atoms with Crippen LogP contribution in [0.4, 0.5) is 0 Å². The van der Waals surface area contributed by atoms with Crippen molar-refractivity contribution < 1.29 is 5.11 Å². The molecular weight excluding hydrogens is 140 g/mol. The van der Waals surface area contributed by atoms with Crippen LogP contribution in [0.2, 0.25) is 0 Å². The van der Waals surface area contributed by atoms with Crippen LogP contribution in [0.1, 0.15) is 0 Å². The van der Waals surface area contributed by atoms with E-state index < -0.39 is 0 Å². The molecule has 0 radical (unpaired) electrons. The van der Waals surface area contributed by atoms with Crippen LogP contribution in [-0.2, 0) is 0 Å². The highest BCUT2D eigenvalue weighted by molar-refractivity contribution is 8.76. The zero-order chi connectivity index (χ0) is 6.24. The number of aliphatic hydroxyl groups excluding tert-OH is 1. The molecule has 0 saturated heterocycles. The van der Waals surface area contributed by atoms with Crippen molar-refractivity contribution in [3.63, 3.8) is 0 Å². The highest BCUT2D eigenvalue weighted by atomic mass is 33.1. The third-order valence-electron chi connectivity index (χ3n) is 0.400. The average molecular weight is 148 g/mol.